The van der Waals surface area contributed by atoms with Crippen molar-refractivity contribution in [2.75, 3.05) is 11.9 Å². The second-order valence-electron chi connectivity index (χ2n) is 5.53. The van der Waals surface area contributed by atoms with E-state index in [0.717, 1.165) is 25.0 Å². The Labute approximate surface area is 137 Å². The molecular weight excluding hydrogens is 308 g/mol. The third kappa shape index (κ3) is 2.91. The van der Waals surface area contributed by atoms with Gasteiger partial charge in [0, 0.05) is 12.2 Å². The molecule has 1 unspecified atom stereocenters. The van der Waals surface area contributed by atoms with Gasteiger partial charge in [0.05, 0.1) is 5.69 Å². The number of nitrogens with one attached hydrogen (secondary N) is 3. The smallest absolute Gasteiger partial charge is 0.276 e. The van der Waals surface area contributed by atoms with E-state index in [-0.39, 0.29) is 18.0 Å². The quantitative estimate of drug-likeness (QED) is 0.682. The molecule has 3 aromatic rings. The van der Waals surface area contributed by atoms with Crippen LogP contribution < -0.4 is 5.32 Å². The van der Waals surface area contributed by atoms with Gasteiger partial charge < -0.3 is 4.74 Å². The number of hydrogen-bond donors (Lipinski definition) is 3. The van der Waals surface area contributed by atoms with E-state index >= 15 is 0 Å². The first-order valence-electron chi connectivity index (χ1n) is 7.76. The van der Waals surface area contributed by atoms with Crippen molar-refractivity contribution < 1.29 is 9.53 Å². The van der Waals surface area contributed by atoms with Crippen molar-refractivity contribution in [1.82, 2.24) is 25.4 Å². The van der Waals surface area contributed by atoms with Gasteiger partial charge in [0.1, 0.15) is 11.8 Å². The van der Waals surface area contributed by atoms with Crippen molar-refractivity contribution in [2.45, 2.75) is 18.9 Å². The van der Waals surface area contributed by atoms with Gasteiger partial charge in [-0.05, 0) is 18.9 Å². The number of benzene rings is 1. The number of anilines is 1. The molecule has 1 fully saturated rings. The van der Waals surface area contributed by atoms with Gasteiger partial charge >= 0.3 is 0 Å². The van der Waals surface area contributed by atoms with Gasteiger partial charge in [0.2, 0.25) is 5.95 Å². The molecule has 3 N–H and O–H groups in total. The van der Waals surface area contributed by atoms with Gasteiger partial charge in [-0.2, -0.15) is 10.1 Å². The maximum atomic E-state index is 12.3. The predicted molar refractivity (Wildman–Crippen MR) is 86.3 cm³/mol. The summed E-state index contributed by atoms with van der Waals surface area (Å²) in [6.07, 6.45) is 1.84. The van der Waals surface area contributed by atoms with Crippen molar-refractivity contribution >= 4 is 11.9 Å². The number of amides is 1. The summed E-state index contributed by atoms with van der Waals surface area (Å²) in [5.74, 6) is 0.515. The molecule has 2 aromatic heterocycles. The molecule has 0 spiro atoms. The highest BCUT2D eigenvalue weighted by molar-refractivity contribution is 6.02. The number of carbonyl (C=O) groups excluding carboxylic acids is 1. The summed E-state index contributed by atoms with van der Waals surface area (Å²) < 4.78 is 5.53. The highest BCUT2D eigenvalue weighted by Gasteiger charge is 2.22. The third-order valence-electron chi connectivity index (χ3n) is 3.85. The van der Waals surface area contributed by atoms with Gasteiger partial charge in [0.15, 0.2) is 5.82 Å². The molecule has 0 radical (unpaired) electrons. The number of nitrogens with zero attached hydrogens (tertiary/aromatic N) is 3. The monoisotopic (exact) mass is 324 g/mol. The van der Waals surface area contributed by atoms with Gasteiger partial charge in [-0.15, -0.1) is 5.10 Å². The number of aromatic amines is 2. The fraction of sp³-hybridized carbons (Fsp3) is 0.250. The van der Waals surface area contributed by atoms with Crippen molar-refractivity contribution in [3.8, 4) is 11.3 Å². The molecule has 1 aliphatic rings. The number of H-pyrrole nitrogens is 2. The molecule has 0 saturated carbocycles. The van der Waals surface area contributed by atoms with Crippen LogP contribution in [0, 0.1) is 0 Å². The molecule has 1 saturated heterocycles. The maximum Gasteiger partial charge on any atom is 0.276 e. The normalized spacial score (nSPS) is 17.1. The molecule has 4 rings (SSSR count). The molecule has 1 aliphatic heterocycles. The zero-order valence-electron chi connectivity index (χ0n) is 12.8. The van der Waals surface area contributed by atoms with Crippen molar-refractivity contribution in [3.05, 3.63) is 47.9 Å². The Morgan fingerprint density at radius 2 is 2.08 bits per heavy atom. The molecule has 8 heteroatoms. The number of ether oxygens (including phenoxy) is 1. The second kappa shape index (κ2) is 6.25. The fourth-order valence-electron chi connectivity index (χ4n) is 2.63. The van der Waals surface area contributed by atoms with Gasteiger partial charge in [0.25, 0.3) is 5.91 Å². The first kappa shape index (κ1) is 14.6. The lowest BCUT2D eigenvalue weighted by molar-refractivity contribution is 0.101. The lowest BCUT2D eigenvalue weighted by Crippen LogP contribution is -2.13. The van der Waals surface area contributed by atoms with Crippen molar-refractivity contribution in [2.24, 2.45) is 0 Å². The SMILES string of the molecule is O=C(Nc1n[nH]c(C2CCCO2)n1)c1cc(-c2ccccc2)n[nH]1. The third-order valence-corrected chi connectivity index (χ3v) is 3.85. The Kier molecular flexibility index (Phi) is 3.80. The van der Waals surface area contributed by atoms with E-state index < -0.39 is 0 Å². The minimum absolute atomic E-state index is 0.0695. The van der Waals surface area contributed by atoms with Crippen molar-refractivity contribution in [3.63, 3.8) is 0 Å². The van der Waals surface area contributed by atoms with E-state index in [2.05, 4.69) is 30.7 Å². The van der Waals surface area contributed by atoms with E-state index in [1.807, 2.05) is 30.3 Å². The number of hydrogen-bond acceptors (Lipinski definition) is 5. The van der Waals surface area contributed by atoms with E-state index in [1.54, 1.807) is 6.07 Å². The summed E-state index contributed by atoms with van der Waals surface area (Å²) in [5.41, 5.74) is 1.99. The highest BCUT2D eigenvalue weighted by Crippen LogP contribution is 2.26. The topological polar surface area (TPSA) is 109 Å². The molecule has 3 heterocycles. The summed E-state index contributed by atoms with van der Waals surface area (Å²) in [6, 6.07) is 11.3. The molecule has 8 nitrogen and oxygen atoms in total. The summed E-state index contributed by atoms with van der Waals surface area (Å²) >= 11 is 0. The van der Waals surface area contributed by atoms with Crippen LogP contribution in [-0.4, -0.2) is 37.9 Å². The first-order valence-corrected chi connectivity index (χ1v) is 7.76. The standard InChI is InChI=1S/C16H16N6O2/c23-15(12-9-11(19-20-12)10-5-2-1-3-6-10)18-16-17-14(21-22-16)13-7-4-8-24-13/h1-3,5-6,9,13H,4,7-8H2,(H,19,20)(H2,17,18,21,22,23). The van der Waals surface area contributed by atoms with Crippen LogP contribution >= 0.6 is 0 Å². The Morgan fingerprint density at radius 1 is 1.21 bits per heavy atom. The Hall–Kier alpha value is -3.00. The van der Waals surface area contributed by atoms with E-state index in [4.69, 9.17) is 4.74 Å². The first-order chi connectivity index (χ1) is 11.8. The molecule has 1 amide bonds. The minimum Gasteiger partial charge on any atom is -0.370 e. The fourth-order valence-corrected chi connectivity index (χ4v) is 2.63. The molecule has 0 aliphatic carbocycles. The molecular formula is C16H16N6O2. The number of aromatic nitrogens is 5. The number of carbonyl (C=O) groups is 1. The van der Waals surface area contributed by atoms with Gasteiger partial charge in [-0.3, -0.25) is 20.3 Å². The lowest BCUT2D eigenvalue weighted by Gasteiger charge is -2.02. The summed E-state index contributed by atoms with van der Waals surface area (Å²) in [7, 11) is 0. The van der Waals surface area contributed by atoms with Crippen LogP contribution in [0.2, 0.25) is 0 Å². The summed E-state index contributed by atoms with van der Waals surface area (Å²) in [6.45, 7) is 0.726. The van der Waals surface area contributed by atoms with Crippen LogP contribution in [0.15, 0.2) is 36.4 Å². The Balaban J connectivity index is 1.46. The predicted octanol–water partition coefficient (Wildman–Crippen LogP) is 2.30. The minimum atomic E-state index is -0.345. The zero-order chi connectivity index (χ0) is 16.4. The lowest BCUT2D eigenvalue weighted by atomic mass is 10.1. The Morgan fingerprint density at radius 3 is 2.88 bits per heavy atom. The molecule has 24 heavy (non-hydrogen) atoms. The van der Waals surface area contributed by atoms with E-state index in [0.29, 0.717) is 17.2 Å². The largest absolute Gasteiger partial charge is 0.370 e. The summed E-state index contributed by atoms with van der Waals surface area (Å²) in [4.78, 5) is 16.5. The van der Waals surface area contributed by atoms with Crippen molar-refractivity contribution in [1.29, 1.82) is 0 Å². The second-order valence-corrected chi connectivity index (χ2v) is 5.53. The van der Waals surface area contributed by atoms with Crippen LogP contribution in [0.5, 0.6) is 0 Å². The highest BCUT2D eigenvalue weighted by atomic mass is 16.5. The van der Waals surface area contributed by atoms with Gasteiger partial charge in [-0.25, -0.2) is 0 Å². The molecule has 122 valence electrons. The van der Waals surface area contributed by atoms with Crippen LogP contribution in [0.1, 0.15) is 35.3 Å². The van der Waals surface area contributed by atoms with Crippen LogP contribution in [0.4, 0.5) is 5.95 Å². The van der Waals surface area contributed by atoms with Crippen LogP contribution in [0.3, 0.4) is 0 Å². The zero-order valence-corrected chi connectivity index (χ0v) is 12.8. The average Bonchev–Trinajstić information content (AvgIpc) is 3.36. The van der Waals surface area contributed by atoms with Crippen LogP contribution in [0.25, 0.3) is 11.3 Å². The number of rotatable bonds is 4. The van der Waals surface area contributed by atoms with E-state index in [1.165, 1.54) is 0 Å². The molecule has 1 aromatic carbocycles. The van der Waals surface area contributed by atoms with Crippen LogP contribution in [-0.2, 0) is 4.74 Å². The van der Waals surface area contributed by atoms with E-state index in [9.17, 15) is 4.79 Å². The molecule has 1 atom stereocenters. The maximum absolute atomic E-state index is 12.3. The summed E-state index contributed by atoms with van der Waals surface area (Å²) in [5, 5.41) is 16.4. The Bertz CT molecular complexity index is 835. The molecule has 0 bridgehead atoms. The average molecular weight is 324 g/mol. The van der Waals surface area contributed by atoms with Gasteiger partial charge in [-0.1, -0.05) is 30.3 Å².